The minimum Gasteiger partial charge on any atom is -0.350 e. The Morgan fingerprint density at radius 3 is 2.32 bits per heavy atom. The highest BCUT2D eigenvalue weighted by atomic mass is 16.2. The Morgan fingerprint density at radius 2 is 1.71 bits per heavy atom. The molecule has 156 valence electrons. The number of quaternary nitrogens is 1. The van der Waals surface area contributed by atoms with Gasteiger partial charge >= 0.3 is 5.69 Å². The summed E-state index contributed by atoms with van der Waals surface area (Å²) in [5.41, 5.74) is -0.437. The normalized spacial score (nSPS) is 11.5. The molecule has 0 aliphatic heterocycles. The number of unbranched alkanes of at least 4 members (excludes halogenated alkanes) is 2. The van der Waals surface area contributed by atoms with Gasteiger partial charge in [0.05, 0.1) is 32.6 Å². The molecule has 0 aliphatic carbocycles. The van der Waals surface area contributed by atoms with Crippen molar-refractivity contribution < 1.29 is 9.69 Å². The van der Waals surface area contributed by atoms with E-state index in [9.17, 15) is 14.4 Å². The van der Waals surface area contributed by atoms with Gasteiger partial charge in [0, 0.05) is 14.1 Å². The first kappa shape index (κ1) is 21.9. The molecule has 2 aromatic heterocycles. The molecular formula is C19H33N6O3+. The second-order valence-corrected chi connectivity index (χ2v) is 7.31. The molecule has 0 aromatic carbocycles. The Labute approximate surface area is 164 Å². The largest absolute Gasteiger partial charge is 0.350 e. The molecule has 3 N–H and O–H groups in total. The zero-order chi connectivity index (χ0) is 20.7. The first-order valence-electron chi connectivity index (χ1n) is 10.1. The predicted octanol–water partition coefficient (Wildman–Crippen LogP) is -0.896. The first-order valence-corrected chi connectivity index (χ1v) is 10.1. The topological polar surface area (TPSA) is 106 Å². The van der Waals surface area contributed by atoms with Crippen LogP contribution in [0.2, 0.25) is 0 Å². The van der Waals surface area contributed by atoms with E-state index in [0.717, 1.165) is 19.6 Å². The number of aromatic amines is 1. The number of amides is 1. The second-order valence-electron chi connectivity index (χ2n) is 7.31. The van der Waals surface area contributed by atoms with Gasteiger partial charge in [-0.15, -0.1) is 0 Å². The van der Waals surface area contributed by atoms with Gasteiger partial charge < -0.3 is 14.8 Å². The molecule has 2 heterocycles. The molecule has 1 amide bonds. The number of imidazole rings is 1. The minimum absolute atomic E-state index is 0.0675. The second kappa shape index (κ2) is 10.2. The summed E-state index contributed by atoms with van der Waals surface area (Å²) in [4.78, 5) is 44.3. The van der Waals surface area contributed by atoms with Crippen molar-refractivity contribution in [1.82, 2.24) is 24.4 Å². The summed E-state index contributed by atoms with van der Waals surface area (Å²) in [6, 6.07) is 0. The number of aromatic nitrogens is 4. The van der Waals surface area contributed by atoms with Crippen LogP contribution in [0.15, 0.2) is 9.59 Å². The van der Waals surface area contributed by atoms with Crippen molar-refractivity contribution in [1.29, 1.82) is 0 Å². The van der Waals surface area contributed by atoms with Gasteiger partial charge in [-0.05, 0) is 12.8 Å². The maximum absolute atomic E-state index is 12.4. The fraction of sp³-hybridized carbons (Fsp3) is 0.684. The van der Waals surface area contributed by atoms with Gasteiger partial charge in [0.25, 0.3) is 5.56 Å². The number of carbonyl (C=O) groups is 1. The van der Waals surface area contributed by atoms with Crippen LogP contribution in [0.5, 0.6) is 0 Å². The van der Waals surface area contributed by atoms with Crippen molar-refractivity contribution in [3.8, 4) is 0 Å². The van der Waals surface area contributed by atoms with Crippen LogP contribution < -0.4 is 21.5 Å². The summed E-state index contributed by atoms with van der Waals surface area (Å²) in [6.45, 7) is 8.17. The number of carbonyl (C=O) groups excluding carboxylic acids is 1. The van der Waals surface area contributed by atoms with Gasteiger partial charge in [0.15, 0.2) is 11.2 Å². The lowest BCUT2D eigenvalue weighted by atomic mass is 10.2. The van der Waals surface area contributed by atoms with E-state index in [1.54, 1.807) is 18.7 Å². The van der Waals surface area contributed by atoms with Crippen LogP contribution in [0.3, 0.4) is 0 Å². The van der Waals surface area contributed by atoms with Crippen molar-refractivity contribution in [3.63, 3.8) is 0 Å². The number of hydrogen-bond donors (Lipinski definition) is 3. The lowest BCUT2D eigenvalue weighted by Gasteiger charge is -2.19. The van der Waals surface area contributed by atoms with Crippen molar-refractivity contribution in [2.24, 2.45) is 14.1 Å². The number of hydrogen-bond acceptors (Lipinski definition) is 4. The van der Waals surface area contributed by atoms with E-state index in [0.29, 0.717) is 17.9 Å². The van der Waals surface area contributed by atoms with Gasteiger partial charge in [-0.3, -0.25) is 19.1 Å². The van der Waals surface area contributed by atoms with E-state index in [-0.39, 0.29) is 18.0 Å². The maximum Gasteiger partial charge on any atom is 0.329 e. The summed E-state index contributed by atoms with van der Waals surface area (Å²) in [7, 11) is 3.22. The number of nitrogens with one attached hydrogen (secondary N) is 3. The molecule has 2 aromatic rings. The SMILES string of the molecule is CCCC[NH+](CCCC)CCNC(=O)Cc1nc2c(c(=O)[nH]c(=O)n2C)n1C. The van der Waals surface area contributed by atoms with E-state index in [4.69, 9.17) is 0 Å². The van der Waals surface area contributed by atoms with Crippen LogP contribution in [-0.2, 0) is 25.3 Å². The highest BCUT2D eigenvalue weighted by Crippen LogP contribution is 2.08. The molecule has 0 radical (unpaired) electrons. The van der Waals surface area contributed by atoms with E-state index in [2.05, 4.69) is 29.1 Å². The zero-order valence-electron chi connectivity index (χ0n) is 17.4. The molecule has 28 heavy (non-hydrogen) atoms. The van der Waals surface area contributed by atoms with Crippen molar-refractivity contribution in [2.45, 2.75) is 46.0 Å². The lowest BCUT2D eigenvalue weighted by molar-refractivity contribution is -0.899. The third kappa shape index (κ3) is 5.31. The van der Waals surface area contributed by atoms with Crippen LogP contribution in [-0.4, -0.2) is 51.2 Å². The van der Waals surface area contributed by atoms with Crippen LogP contribution in [0.1, 0.15) is 45.4 Å². The fourth-order valence-corrected chi connectivity index (χ4v) is 3.32. The smallest absolute Gasteiger partial charge is 0.329 e. The van der Waals surface area contributed by atoms with Gasteiger partial charge in [0.1, 0.15) is 5.82 Å². The third-order valence-electron chi connectivity index (χ3n) is 5.11. The van der Waals surface area contributed by atoms with Crippen molar-refractivity contribution in [2.75, 3.05) is 26.2 Å². The Balaban J connectivity index is 1.98. The molecule has 0 unspecified atom stereocenters. The average molecular weight is 394 g/mol. The molecule has 0 atom stereocenters. The number of H-pyrrole nitrogens is 1. The average Bonchev–Trinajstić information content (AvgIpc) is 2.98. The molecular weight excluding hydrogens is 360 g/mol. The molecule has 9 nitrogen and oxygen atoms in total. The summed E-state index contributed by atoms with van der Waals surface area (Å²) < 4.78 is 2.86. The summed E-state index contributed by atoms with van der Waals surface area (Å²) >= 11 is 0. The summed E-state index contributed by atoms with van der Waals surface area (Å²) in [5.74, 6) is 0.325. The van der Waals surface area contributed by atoms with E-state index >= 15 is 0 Å². The van der Waals surface area contributed by atoms with E-state index in [1.807, 2.05) is 0 Å². The summed E-state index contributed by atoms with van der Waals surface area (Å²) in [5, 5.41) is 2.96. The number of nitrogens with zero attached hydrogens (tertiary/aromatic N) is 3. The number of fused-ring (bicyclic) bond motifs is 1. The van der Waals surface area contributed by atoms with Crippen LogP contribution in [0.4, 0.5) is 0 Å². The van der Waals surface area contributed by atoms with Crippen LogP contribution in [0, 0.1) is 0 Å². The molecule has 2 rings (SSSR count). The monoisotopic (exact) mass is 393 g/mol. The van der Waals surface area contributed by atoms with Crippen molar-refractivity contribution in [3.05, 3.63) is 26.7 Å². The standard InChI is InChI=1S/C19H32N6O3/c1-5-7-10-25(11-8-6-2)12-9-20-15(26)13-14-21-17-16(23(14)3)18(27)22-19(28)24(17)4/h5-13H2,1-4H3,(H,20,26)(H,22,27,28)/p+1. The third-order valence-corrected chi connectivity index (χ3v) is 5.11. The van der Waals surface area contributed by atoms with E-state index < -0.39 is 11.2 Å². The summed E-state index contributed by atoms with van der Waals surface area (Å²) in [6.07, 6.45) is 4.81. The fourth-order valence-electron chi connectivity index (χ4n) is 3.32. The lowest BCUT2D eigenvalue weighted by Crippen LogP contribution is -3.12. The maximum atomic E-state index is 12.4. The van der Waals surface area contributed by atoms with Gasteiger partial charge in [-0.25, -0.2) is 9.78 Å². The Morgan fingerprint density at radius 1 is 1.07 bits per heavy atom. The van der Waals surface area contributed by atoms with E-state index in [1.165, 1.54) is 35.2 Å². The highest BCUT2D eigenvalue weighted by Gasteiger charge is 2.17. The molecule has 0 bridgehead atoms. The Hall–Kier alpha value is -2.42. The highest BCUT2D eigenvalue weighted by molar-refractivity contribution is 5.79. The molecule has 0 saturated heterocycles. The number of rotatable bonds is 11. The quantitative estimate of drug-likeness (QED) is 0.460. The van der Waals surface area contributed by atoms with Crippen molar-refractivity contribution >= 4 is 17.1 Å². The molecule has 0 spiro atoms. The van der Waals surface area contributed by atoms with Crippen LogP contribution >= 0.6 is 0 Å². The van der Waals surface area contributed by atoms with Gasteiger partial charge in [-0.1, -0.05) is 26.7 Å². The minimum atomic E-state index is -0.520. The molecule has 9 heteroatoms. The first-order chi connectivity index (χ1) is 13.4. The zero-order valence-corrected chi connectivity index (χ0v) is 17.4. The van der Waals surface area contributed by atoms with Gasteiger partial charge in [0.2, 0.25) is 5.91 Å². The predicted molar refractivity (Wildman–Crippen MR) is 109 cm³/mol. The van der Waals surface area contributed by atoms with Crippen LogP contribution in [0.25, 0.3) is 11.2 Å². The number of aryl methyl sites for hydroxylation is 2. The Bertz CT molecular complexity index is 903. The van der Waals surface area contributed by atoms with Gasteiger partial charge in [-0.2, -0.15) is 0 Å². The molecule has 0 fully saturated rings. The molecule has 0 saturated carbocycles. The molecule has 0 aliphatic rings. The Kier molecular flexibility index (Phi) is 7.98.